The molecule has 3 rings (SSSR count). The van der Waals surface area contributed by atoms with Gasteiger partial charge < -0.3 is 11.1 Å². The van der Waals surface area contributed by atoms with Crippen LogP contribution in [0.1, 0.15) is 27.7 Å². The third-order valence-electron chi connectivity index (χ3n) is 3.33. The van der Waals surface area contributed by atoms with Crippen molar-refractivity contribution in [1.29, 1.82) is 0 Å². The minimum absolute atomic E-state index is 0.204. The molecule has 1 aliphatic heterocycles. The summed E-state index contributed by atoms with van der Waals surface area (Å²) in [6.07, 6.45) is 3.26. The van der Waals surface area contributed by atoms with Crippen LogP contribution in [0.15, 0.2) is 4.90 Å². The van der Waals surface area contributed by atoms with Gasteiger partial charge in [0, 0.05) is 21.4 Å². The van der Waals surface area contributed by atoms with Gasteiger partial charge in [0.15, 0.2) is 0 Å². The van der Waals surface area contributed by atoms with Crippen molar-refractivity contribution in [2.45, 2.75) is 36.1 Å². The molecule has 0 amide bonds. The molecule has 2 heterocycles. The van der Waals surface area contributed by atoms with Crippen molar-refractivity contribution in [2.75, 3.05) is 17.6 Å². The summed E-state index contributed by atoms with van der Waals surface area (Å²) in [7, 11) is 0. The molecule has 1 aromatic rings. The summed E-state index contributed by atoms with van der Waals surface area (Å²) in [6.45, 7) is -1.78. The Labute approximate surface area is 113 Å². The van der Waals surface area contributed by atoms with Crippen LogP contribution in [0.3, 0.4) is 0 Å². The van der Waals surface area contributed by atoms with Crippen molar-refractivity contribution < 1.29 is 2.74 Å². The number of fused-ring (bicyclic) bond motifs is 1. The van der Waals surface area contributed by atoms with Gasteiger partial charge >= 0.3 is 0 Å². The number of thioether (sulfide) groups is 1. The van der Waals surface area contributed by atoms with Crippen LogP contribution in [0.25, 0.3) is 0 Å². The molecule has 1 aromatic heterocycles. The zero-order chi connectivity index (χ0) is 13.7. The maximum atomic E-state index is 7.84. The van der Waals surface area contributed by atoms with E-state index in [1.165, 1.54) is 0 Å². The summed E-state index contributed by atoms with van der Waals surface area (Å²) in [5.41, 5.74) is 5.90. The summed E-state index contributed by atoms with van der Waals surface area (Å²) in [6, 6.07) is 0. The van der Waals surface area contributed by atoms with E-state index in [2.05, 4.69) is 15.3 Å². The molecule has 17 heavy (non-hydrogen) atoms. The van der Waals surface area contributed by atoms with Crippen LogP contribution in [0.4, 0.5) is 5.82 Å². The molecule has 92 valence electrons. The minimum Gasteiger partial charge on any atom is -0.362 e. The first-order valence-electron chi connectivity index (χ1n) is 6.68. The van der Waals surface area contributed by atoms with Crippen LogP contribution in [-0.2, 0) is 6.42 Å². The van der Waals surface area contributed by atoms with E-state index >= 15 is 0 Å². The molecule has 1 saturated carbocycles. The molecule has 0 atom stereocenters. The number of anilines is 1. The zero-order valence-electron chi connectivity index (χ0n) is 11.3. The van der Waals surface area contributed by atoms with E-state index in [1.807, 2.05) is 0 Å². The molecular formula is C11H15ClN4S. The largest absolute Gasteiger partial charge is 0.362 e. The second-order valence-corrected chi connectivity index (χ2v) is 5.86. The molecule has 0 radical (unpaired) electrons. The van der Waals surface area contributed by atoms with Gasteiger partial charge in [-0.15, -0.1) is 11.8 Å². The second-order valence-electron chi connectivity index (χ2n) is 4.42. The number of aromatic nitrogens is 2. The highest BCUT2D eigenvalue weighted by Crippen LogP contribution is 2.40. The van der Waals surface area contributed by atoms with Gasteiger partial charge in [0.1, 0.15) is 5.82 Å². The van der Waals surface area contributed by atoms with Gasteiger partial charge in [-0.1, -0.05) is 0 Å². The molecule has 1 aliphatic carbocycles. The predicted molar refractivity (Wildman–Crippen MR) is 70.7 cm³/mol. The van der Waals surface area contributed by atoms with Crippen molar-refractivity contribution in [3.8, 4) is 0 Å². The van der Waals surface area contributed by atoms with Crippen molar-refractivity contribution in [3.63, 3.8) is 0 Å². The van der Waals surface area contributed by atoms with Gasteiger partial charge in [-0.25, -0.2) is 4.98 Å². The average Bonchev–Trinajstić information content (AvgIpc) is 2.68. The Bertz CT molecular complexity index is 516. The normalized spacial score (nSPS) is 23.4. The number of nitrogens with two attached hydrogens (primary N) is 1. The Morgan fingerprint density at radius 3 is 3.00 bits per heavy atom. The summed E-state index contributed by atoms with van der Waals surface area (Å²) < 4.78 is 15.7. The lowest BCUT2D eigenvalue weighted by Gasteiger charge is -2.42. The summed E-state index contributed by atoms with van der Waals surface area (Å²) in [5, 5.41) is 3.42. The number of nitrogens with zero attached hydrogens (tertiary/aromatic N) is 2. The smallest absolute Gasteiger partial charge is 0.224 e. The Hall–Kier alpha value is -0.520. The third-order valence-corrected chi connectivity index (χ3v) is 4.63. The van der Waals surface area contributed by atoms with E-state index < -0.39 is 12.0 Å². The number of hydrogen-bond donors (Lipinski definition) is 2. The summed E-state index contributed by atoms with van der Waals surface area (Å²) >= 11 is 7.62. The van der Waals surface area contributed by atoms with Crippen LogP contribution in [0.2, 0.25) is 5.28 Å². The molecule has 0 aromatic carbocycles. The van der Waals surface area contributed by atoms with Crippen LogP contribution < -0.4 is 11.1 Å². The van der Waals surface area contributed by atoms with Gasteiger partial charge in [-0.2, -0.15) is 4.98 Å². The van der Waals surface area contributed by atoms with Gasteiger partial charge in [0.2, 0.25) is 5.28 Å². The quantitative estimate of drug-likeness (QED) is 0.825. The van der Waals surface area contributed by atoms with E-state index in [4.69, 9.17) is 20.1 Å². The molecule has 0 spiro atoms. The predicted octanol–water partition coefficient (Wildman–Crippen LogP) is 2.07. The number of rotatable bonds is 3. The van der Waals surface area contributed by atoms with Crippen molar-refractivity contribution >= 4 is 29.2 Å². The SMILES string of the molecule is [2H]C([2H])(N)C1(Nc2nc(Cl)nc3c2SCC3)CCC1. The molecule has 0 unspecified atom stereocenters. The second kappa shape index (κ2) is 4.30. The fourth-order valence-corrected chi connectivity index (χ4v) is 3.42. The first kappa shape index (κ1) is 9.42. The lowest BCUT2D eigenvalue weighted by molar-refractivity contribution is 0.286. The fourth-order valence-electron chi connectivity index (χ4n) is 2.18. The highest BCUT2D eigenvalue weighted by atomic mass is 35.5. The van der Waals surface area contributed by atoms with E-state index in [0.29, 0.717) is 18.7 Å². The number of hydrogen-bond acceptors (Lipinski definition) is 5. The zero-order valence-corrected chi connectivity index (χ0v) is 10.9. The Balaban J connectivity index is 1.96. The van der Waals surface area contributed by atoms with Crippen LogP contribution in [0, 0.1) is 0 Å². The van der Waals surface area contributed by atoms with E-state index in [1.54, 1.807) is 11.8 Å². The van der Waals surface area contributed by atoms with Gasteiger partial charge in [0.25, 0.3) is 0 Å². The van der Waals surface area contributed by atoms with E-state index in [9.17, 15) is 0 Å². The lowest BCUT2D eigenvalue weighted by atomic mass is 9.77. The van der Waals surface area contributed by atoms with Gasteiger partial charge in [-0.3, -0.25) is 0 Å². The number of halogens is 1. The molecule has 4 nitrogen and oxygen atoms in total. The standard InChI is InChI=1S/C11H15ClN4S/c12-10-14-7-2-5-17-8(7)9(15-10)16-11(6-13)3-1-4-11/h1-6,13H2,(H,14,15,16)/i6D2. The molecule has 0 saturated heterocycles. The van der Waals surface area contributed by atoms with E-state index in [-0.39, 0.29) is 5.28 Å². The first-order chi connectivity index (χ1) is 8.91. The summed E-state index contributed by atoms with van der Waals surface area (Å²) in [4.78, 5) is 9.43. The third kappa shape index (κ3) is 2.00. The molecule has 3 N–H and O–H groups in total. The fraction of sp³-hybridized carbons (Fsp3) is 0.636. The average molecular weight is 273 g/mol. The van der Waals surface area contributed by atoms with Crippen LogP contribution in [0.5, 0.6) is 0 Å². The number of nitrogens with one attached hydrogen (secondary N) is 1. The van der Waals surface area contributed by atoms with Gasteiger partial charge in [-0.05, 0) is 30.9 Å². The molecule has 1 fully saturated rings. The summed E-state index contributed by atoms with van der Waals surface area (Å²) in [5.74, 6) is 1.59. The number of aryl methyl sites for hydroxylation is 1. The topological polar surface area (TPSA) is 63.8 Å². The van der Waals surface area contributed by atoms with Crippen molar-refractivity contribution in [1.82, 2.24) is 9.97 Å². The first-order valence-corrected chi connectivity index (χ1v) is 7.04. The molecule has 0 bridgehead atoms. The van der Waals surface area contributed by atoms with Gasteiger partial charge in [0.05, 0.1) is 16.1 Å². The van der Waals surface area contributed by atoms with Crippen LogP contribution >= 0.6 is 23.4 Å². The van der Waals surface area contributed by atoms with Crippen molar-refractivity contribution in [3.05, 3.63) is 11.0 Å². The Kier molecular flexibility index (Phi) is 2.38. The highest BCUT2D eigenvalue weighted by molar-refractivity contribution is 7.99. The highest BCUT2D eigenvalue weighted by Gasteiger charge is 2.37. The van der Waals surface area contributed by atoms with Crippen molar-refractivity contribution in [2.24, 2.45) is 5.73 Å². The minimum atomic E-state index is -1.78. The lowest BCUT2D eigenvalue weighted by Crippen LogP contribution is -2.51. The van der Waals surface area contributed by atoms with Crippen LogP contribution in [-0.4, -0.2) is 27.8 Å². The molecule has 6 heteroatoms. The maximum Gasteiger partial charge on any atom is 0.224 e. The molecule has 2 aliphatic rings. The van der Waals surface area contributed by atoms with E-state index in [0.717, 1.165) is 29.2 Å². The molecular weight excluding hydrogens is 256 g/mol. The Morgan fingerprint density at radius 2 is 2.35 bits per heavy atom. The Morgan fingerprint density at radius 1 is 1.53 bits per heavy atom. The monoisotopic (exact) mass is 272 g/mol. The maximum absolute atomic E-state index is 7.84.